The predicted molar refractivity (Wildman–Crippen MR) is 91.4 cm³/mol. The van der Waals surface area contributed by atoms with Crippen LogP contribution >= 0.6 is 11.3 Å². The quantitative estimate of drug-likeness (QED) is 0.727. The molecule has 1 aliphatic heterocycles. The highest BCUT2D eigenvalue weighted by Crippen LogP contribution is 2.35. The molecule has 0 atom stereocenters. The minimum atomic E-state index is -4.47. The number of nitrogens with one attached hydrogen (secondary N) is 1. The van der Waals surface area contributed by atoms with E-state index in [1.165, 1.54) is 4.57 Å². The van der Waals surface area contributed by atoms with Crippen molar-refractivity contribution in [1.29, 1.82) is 5.41 Å². The van der Waals surface area contributed by atoms with Crippen molar-refractivity contribution < 1.29 is 18.0 Å². The van der Waals surface area contributed by atoms with Gasteiger partial charge in [0.15, 0.2) is 4.80 Å². The molecule has 0 bridgehead atoms. The van der Waals surface area contributed by atoms with E-state index in [0.29, 0.717) is 22.3 Å². The van der Waals surface area contributed by atoms with Crippen LogP contribution in [0.15, 0.2) is 42.5 Å². The van der Waals surface area contributed by atoms with Gasteiger partial charge in [0.25, 0.3) is 0 Å². The Balaban J connectivity index is 1.82. The Kier molecular flexibility index (Phi) is 3.87. The summed E-state index contributed by atoms with van der Waals surface area (Å²) < 4.78 is 41.6. The molecule has 26 heavy (non-hydrogen) atoms. The first-order valence-corrected chi connectivity index (χ1v) is 8.74. The maximum Gasteiger partial charge on any atom is 0.416 e. The third-order valence-corrected chi connectivity index (χ3v) is 5.37. The molecule has 1 amide bonds. The van der Waals surface area contributed by atoms with Crippen LogP contribution in [0.25, 0.3) is 10.2 Å². The van der Waals surface area contributed by atoms with Gasteiger partial charge in [0.05, 0.1) is 15.8 Å². The monoisotopic (exact) mass is 377 g/mol. The number of amides is 1. The Hall–Kier alpha value is -2.61. The smallest absolute Gasteiger partial charge is 0.332 e. The van der Waals surface area contributed by atoms with E-state index in [1.807, 2.05) is 30.3 Å². The number of carbonyl (C=O) groups excluding carboxylic acids is 1. The first kappa shape index (κ1) is 16.8. The highest BCUT2D eigenvalue weighted by Gasteiger charge is 2.33. The lowest BCUT2D eigenvalue weighted by atomic mass is 10.1. The fourth-order valence-corrected chi connectivity index (χ4v) is 4.22. The first-order chi connectivity index (χ1) is 12.3. The third-order valence-electron chi connectivity index (χ3n) is 4.43. The number of benzene rings is 2. The first-order valence-electron chi connectivity index (χ1n) is 7.92. The van der Waals surface area contributed by atoms with E-state index in [4.69, 9.17) is 5.41 Å². The molecule has 0 saturated carbocycles. The Morgan fingerprint density at radius 1 is 1.12 bits per heavy atom. The molecule has 4 nitrogen and oxygen atoms in total. The number of carbonyl (C=O) groups is 1. The second-order valence-corrected chi connectivity index (χ2v) is 7.24. The normalized spacial score (nSPS) is 14.7. The van der Waals surface area contributed by atoms with E-state index < -0.39 is 11.7 Å². The lowest BCUT2D eigenvalue weighted by molar-refractivity contribution is -0.137. The lowest BCUT2D eigenvalue weighted by Crippen LogP contribution is -2.32. The molecule has 0 spiro atoms. The van der Waals surface area contributed by atoms with E-state index in [9.17, 15) is 18.0 Å². The van der Waals surface area contributed by atoms with Gasteiger partial charge in [0.1, 0.15) is 6.54 Å². The Labute approximate surface area is 150 Å². The summed E-state index contributed by atoms with van der Waals surface area (Å²) in [6.07, 6.45) is -4.47. The molecule has 8 heteroatoms. The van der Waals surface area contributed by atoms with E-state index in [2.05, 4.69) is 0 Å². The molecule has 0 unspecified atom stereocenters. The second kappa shape index (κ2) is 5.98. The maximum atomic E-state index is 13.3. The predicted octanol–water partition coefficient (Wildman–Crippen LogP) is 3.74. The molecule has 1 aromatic heterocycles. The van der Waals surface area contributed by atoms with Gasteiger partial charge in [-0.25, -0.2) is 0 Å². The molecule has 134 valence electrons. The minimum Gasteiger partial charge on any atom is -0.332 e. The van der Waals surface area contributed by atoms with E-state index in [1.54, 1.807) is 4.90 Å². The zero-order valence-electron chi connectivity index (χ0n) is 13.5. The number of halogens is 3. The molecule has 0 aliphatic carbocycles. The number of alkyl halides is 3. The summed E-state index contributed by atoms with van der Waals surface area (Å²) >= 11 is 0.963. The molecular weight excluding hydrogens is 363 g/mol. The number of thiazole rings is 1. The van der Waals surface area contributed by atoms with Crippen LogP contribution in [0.5, 0.6) is 0 Å². The van der Waals surface area contributed by atoms with Gasteiger partial charge in [0.2, 0.25) is 5.91 Å². The van der Waals surface area contributed by atoms with Gasteiger partial charge in [-0.15, -0.1) is 0 Å². The minimum absolute atomic E-state index is 0.0377. The van der Waals surface area contributed by atoms with Gasteiger partial charge in [0, 0.05) is 13.1 Å². The van der Waals surface area contributed by atoms with Gasteiger partial charge in [-0.2, -0.15) is 13.2 Å². The van der Waals surface area contributed by atoms with Crippen LogP contribution < -0.4 is 4.80 Å². The van der Waals surface area contributed by atoms with Crippen molar-refractivity contribution in [3.63, 3.8) is 0 Å². The molecule has 2 heterocycles. The van der Waals surface area contributed by atoms with Crippen molar-refractivity contribution in [2.75, 3.05) is 0 Å². The number of hydrogen-bond donors (Lipinski definition) is 1. The largest absolute Gasteiger partial charge is 0.416 e. The van der Waals surface area contributed by atoms with Gasteiger partial charge in [-0.3, -0.25) is 10.2 Å². The van der Waals surface area contributed by atoms with E-state index in [0.717, 1.165) is 29.0 Å². The van der Waals surface area contributed by atoms with Gasteiger partial charge in [-0.05, 0) is 23.3 Å². The molecule has 1 aliphatic rings. The van der Waals surface area contributed by atoms with Crippen molar-refractivity contribution in [3.05, 3.63) is 64.0 Å². The maximum absolute atomic E-state index is 13.3. The van der Waals surface area contributed by atoms with Crippen LogP contribution in [-0.4, -0.2) is 15.4 Å². The SMILES string of the molecule is N=c1sc2cc(C(F)(F)F)cc3c2n1CC(=O)N(Cc1ccccc1)C3. The standard InChI is InChI=1S/C18H14F3N3OS/c19-18(20,21)13-6-12-9-23(8-11-4-2-1-3-5-11)15(25)10-24-16(12)14(7-13)26-17(24)22/h1-7,22H,8-10H2. The average Bonchev–Trinajstić information content (AvgIpc) is 2.81. The molecular formula is C18H14F3N3OS. The topological polar surface area (TPSA) is 49.1 Å². The number of aromatic nitrogens is 1. The summed E-state index contributed by atoms with van der Waals surface area (Å²) in [4.78, 5) is 14.3. The highest BCUT2D eigenvalue weighted by molar-refractivity contribution is 7.16. The summed E-state index contributed by atoms with van der Waals surface area (Å²) in [6, 6.07) is 11.5. The van der Waals surface area contributed by atoms with Gasteiger partial charge < -0.3 is 9.47 Å². The lowest BCUT2D eigenvalue weighted by Gasteiger charge is -2.21. The van der Waals surface area contributed by atoms with Gasteiger partial charge in [-0.1, -0.05) is 41.7 Å². The Morgan fingerprint density at radius 3 is 2.54 bits per heavy atom. The molecule has 0 radical (unpaired) electrons. The summed E-state index contributed by atoms with van der Waals surface area (Å²) in [7, 11) is 0. The Morgan fingerprint density at radius 2 is 1.85 bits per heavy atom. The van der Waals surface area contributed by atoms with Crippen LogP contribution in [0, 0.1) is 5.41 Å². The number of nitrogens with zero attached hydrogens (tertiary/aromatic N) is 2. The summed E-state index contributed by atoms with van der Waals surface area (Å²) in [6.45, 7) is 0.368. The van der Waals surface area contributed by atoms with Crippen LogP contribution in [0.4, 0.5) is 13.2 Å². The summed E-state index contributed by atoms with van der Waals surface area (Å²) in [5.41, 5.74) is 1.13. The fourth-order valence-electron chi connectivity index (χ4n) is 3.22. The van der Waals surface area contributed by atoms with Crippen LogP contribution in [-0.2, 0) is 30.6 Å². The van der Waals surface area contributed by atoms with Crippen LogP contribution in [0.3, 0.4) is 0 Å². The zero-order valence-corrected chi connectivity index (χ0v) is 14.3. The van der Waals surface area contributed by atoms with Crippen molar-refractivity contribution in [2.24, 2.45) is 0 Å². The van der Waals surface area contributed by atoms with E-state index >= 15 is 0 Å². The Bertz CT molecular complexity index is 1050. The fraction of sp³-hybridized carbons (Fsp3) is 0.222. The zero-order chi connectivity index (χ0) is 18.5. The molecule has 1 N–H and O–H groups in total. The molecule has 0 saturated heterocycles. The number of hydrogen-bond acceptors (Lipinski definition) is 3. The third kappa shape index (κ3) is 2.90. The molecule has 3 aromatic rings. The van der Waals surface area contributed by atoms with Gasteiger partial charge >= 0.3 is 6.18 Å². The van der Waals surface area contributed by atoms with Crippen molar-refractivity contribution in [1.82, 2.24) is 9.47 Å². The second-order valence-electron chi connectivity index (χ2n) is 6.21. The van der Waals surface area contributed by atoms with Crippen LogP contribution in [0.1, 0.15) is 16.7 Å². The molecule has 2 aromatic carbocycles. The van der Waals surface area contributed by atoms with Crippen molar-refractivity contribution >= 4 is 27.5 Å². The van der Waals surface area contributed by atoms with Crippen LogP contribution in [0.2, 0.25) is 0 Å². The average molecular weight is 377 g/mol. The van der Waals surface area contributed by atoms with Crippen molar-refractivity contribution in [2.45, 2.75) is 25.8 Å². The highest BCUT2D eigenvalue weighted by atomic mass is 32.1. The summed E-state index contributed by atoms with van der Waals surface area (Å²) in [5, 5.41) is 8.06. The van der Waals surface area contributed by atoms with Crippen molar-refractivity contribution in [3.8, 4) is 0 Å². The molecule has 0 fully saturated rings. The van der Waals surface area contributed by atoms with E-state index in [-0.39, 0.29) is 23.8 Å². The summed E-state index contributed by atoms with van der Waals surface area (Å²) in [5.74, 6) is -0.211. The number of rotatable bonds is 2. The molecule has 4 rings (SSSR count).